The van der Waals surface area contributed by atoms with Gasteiger partial charge in [0.05, 0.1) is 29.6 Å². The Morgan fingerprint density at radius 3 is 2.09 bits per heavy atom. The van der Waals surface area contributed by atoms with Gasteiger partial charge in [-0.05, 0) is 42.7 Å². The number of hydrogen-bond acceptors (Lipinski definition) is 13. The van der Waals surface area contributed by atoms with Crippen molar-refractivity contribution in [2.45, 2.75) is 128 Å². The van der Waals surface area contributed by atoms with Crippen molar-refractivity contribution >= 4 is 29.5 Å². The predicted octanol–water partition coefficient (Wildman–Crippen LogP) is 3.78. The second-order valence-corrected chi connectivity index (χ2v) is 17.9. The second kappa shape index (κ2) is 14.8. The first-order valence-electron chi connectivity index (χ1n) is 19.4. The zero-order valence-corrected chi connectivity index (χ0v) is 33.7. The van der Waals surface area contributed by atoms with Gasteiger partial charge >= 0.3 is 17.9 Å². The molecule has 1 aliphatic heterocycles. The quantitative estimate of drug-likeness (QED) is 0.163. The van der Waals surface area contributed by atoms with Crippen LogP contribution in [0.3, 0.4) is 0 Å². The number of benzene rings is 2. The molecule has 1 heterocycles. The van der Waals surface area contributed by atoms with Crippen LogP contribution < -0.4 is 0 Å². The molecule has 0 amide bonds. The lowest BCUT2D eigenvalue weighted by Crippen LogP contribution is -2.81. The van der Waals surface area contributed by atoms with Gasteiger partial charge in [-0.25, -0.2) is 9.59 Å². The number of rotatable bonds is 9. The maximum Gasteiger partial charge on any atom is 0.338 e. The molecule has 0 aromatic heterocycles. The second-order valence-electron chi connectivity index (χ2n) is 17.9. The third kappa shape index (κ3) is 6.84. The van der Waals surface area contributed by atoms with Gasteiger partial charge in [-0.3, -0.25) is 14.4 Å². The minimum atomic E-state index is -2.32. The number of esters is 3. The Kier molecular flexibility index (Phi) is 11.0. The van der Waals surface area contributed by atoms with E-state index in [0.717, 1.165) is 0 Å². The van der Waals surface area contributed by atoms with Crippen molar-refractivity contribution in [3.05, 3.63) is 82.9 Å². The molecule has 6 rings (SSSR count). The molecule has 2 saturated carbocycles. The van der Waals surface area contributed by atoms with Crippen molar-refractivity contribution in [3.63, 3.8) is 0 Å². The van der Waals surface area contributed by atoms with Gasteiger partial charge in [0.15, 0.2) is 17.5 Å². The van der Waals surface area contributed by atoms with Crippen molar-refractivity contribution < 1.29 is 63.3 Å². The van der Waals surface area contributed by atoms with Crippen LogP contribution in [0.5, 0.6) is 0 Å². The average Bonchev–Trinajstić information content (AvgIpc) is 3.15. The summed E-state index contributed by atoms with van der Waals surface area (Å²) in [4.78, 5) is 69.3. The van der Waals surface area contributed by atoms with Crippen molar-refractivity contribution in [2.24, 2.45) is 22.2 Å². The highest BCUT2D eigenvalue weighted by Crippen LogP contribution is 2.64. The van der Waals surface area contributed by atoms with E-state index in [9.17, 15) is 44.4 Å². The lowest BCUT2D eigenvalue weighted by atomic mass is 9.44. The SMILES string of the molecule is CC(=O)O[C@@]12CO[C@@H]1C[C@H](O)[C@@]1(C)C(=O)[C@H](O)C3=C(C)[C@@H](OC(=O)[C@H](O)[C@@H](CC(=O)C(C)(C)C)c4ccccc4)C[C@@](O)([C@@H](OC(=O)c4ccccc4)C12)C3(C)C. The van der Waals surface area contributed by atoms with Gasteiger partial charge in [-0.1, -0.05) is 83.1 Å². The van der Waals surface area contributed by atoms with Crippen molar-refractivity contribution in [1.82, 2.24) is 0 Å². The Morgan fingerprint density at radius 2 is 1.54 bits per heavy atom. The number of fused-ring (bicyclic) bond motifs is 5. The highest BCUT2D eigenvalue weighted by Gasteiger charge is 2.78. The molecular weight excluding hydrogens is 736 g/mol. The largest absolute Gasteiger partial charge is 0.456 e. The number of Topliss-reactive ketones (excluding diaryl/α,β-unsaturated/α-hetero) is 2. The maximum absolute atomic E-state index is 14.9. The molecule has 1 saturated heterocycles. The van der Waals surface area contributed by atoms with Gasteiger partial charge in [0.1, 0.15) is 35.8 Å². The molecular formula is C44H54O13. The maximum atomic E-state index is 14.9. The Balaban J connectivity index is 1.50. The molecule has 3 aliphatic carbocycles. The van der Waals surface area contributed by atoms with Crippen LogP contribution in [-0.4, -0.2) is 104 Å². The van der Waals surface area contributed by atoms with Crippen LogP contribution in [0.1, 0.15) is 96.5 Å². The number of ether oxygens (including phenoxy) is 4. The fourth-order valence-electron chi connectivity index (χ4n) is 9.77. The monoisotopic (exact) mass is 790 g/mol. The molecule has 0 spiro atoms. The fourth-order valence-corrected chi connectivity index (χ4v) is 9.77. The Hall–Kier alpha value is -4.27. The third-order valence-electron chi connectivity index (χ3n) is 13.3. The van der Waals surface area contributed by atoms with E-state index < -0.39 is 106 Å². The number of ketones is 2. The topological polar surface area (TPSA) is 203 Å². The van der Waals surface area contributed by atoms with Gasteiger partial charge in [0.25, 0.3) is 0 Å². The smallest absolute Gasteiger partial charge is 0.338 e. The Labute approximate surface area is 332 Å². The summed E-state index contributed by atoms with van der Waals surface area (Å²) in [5.41, 5.74) is -7.63. The van der Waals surface area contributed by atoms with E-state index in [4.69, 9.17) is 18.9 Å². The number of aliphatic hydroxyl groups is 4. The van der Waals surface area contributed by atoms with E-state index >= 15 is 0 Å². The molecule has 2 aromatic carbocycles. The van der Waals surface area contributed by atoms with Crippen LogP contribution in [0.15, 0.2) is 71.8 Å². The first-order valence-corrected chi connectivity index (χ1v) is 19.4. The van der Waals surface area contributed by atoms with Crippen LogP contribution in [0.4, 0.5) is 0 Å². The highest BCUT2D eigenvalue weighted by atomic mass is 16.6. The number of hydrogen-bond donors (Lipinski definition) is 4. The fraction of sp³-hybridized carbons (Fsp3) is 0.568. The zero-order valence-electron chi connectivity index (χ0n) is 33.7. The molecule has 13 nitrogen and oxygen atoms in total. The van der Waals surface area contributed by atoms with Crippen LogP contribution in [-0.2, 0) is 38.1 Å². The van der Waals surface area contributed by atoms with Gasteiger partial charge in [-0.2, -0.15) is 0 Å². The number of aliphatic hydroxyl groups excluding tert-OH is 3. The summed E-state index contributed by atoms with van der Waals surface area (Å²) in [5.74, 6) is -6.39. The number of carbonyl (C=O) groups is 5. The molecule has 2 aromatic rings. The summed E-state index contributed by atoms with van der Waals surface area (Å²) in [6.45, 7) is 12.2. The summed E-state index contributed by atoms with van der Waals surface area (Å²) >= 11 is 0. The van der Waals surface area contributed by atoms with E-state index in [-0.39, 0.29) is 41.9 Å². The molecule has 4 aliphatic rings. The Bertz CT molecular complexity index is 1950. The van der Waals surface area contributed by atoms with Gasteiger partial charge < -0.3 is 39.4 Å². The Morgan fingerprint density at radius 1 is 0.947 bits per heavy atom. The van der Waals surface area contributed by atoms with Gasteiger partial charge in [-0.15, -0.1) is 0 Å². The molecule has 13 heteroatoms. The van der Waals surface area contributed by atoms with Crippen LogP contribution in [0.2, 0.25) is 0 Å². The van der Waals surface area contributed by atoms with E-state index in [1.807, 2.05) is 0 Å². The van der Waals surface area contributed by atoms with Crippen LogP contribution >= 0.6 is 0 Å². The van der Waals surface area contributed by atoms with Crippen molar-refractivity contribution in [3.8, 4) is 0 Å². The molecule has 2 bridgehead atoms. The lowest BCUT2D eigenvalue weighted by Gasteiger charge is -2.67. The first-order chi connectivity index (χ1) is 26.5. The summed E-state index contributed by atoms with van der Waals surface area (Å²) < 4.78 is 24.2. The van der Waals surface area contributed by atoms with E-state index in [2.05, 4.69) is 0 Å². The minimum Gasteiger partial charge on any atom is -0.456 e. The molecule has 57 heavy (non-hydrogen) atoms. The van der Waals surface area contributed by atoms with E-state index in [1.54, 1.807) is 83.1 Å². The van der Waals surface area contributed by atoms with Gasteiger partial charge in [0.2, 0.25) is 0 Å². The molecule has 1 unspecified atom stereocenters. The van der Waals surface area contributed by atoms with Gasteiger partial charge in [0, 0.05) is 42.9 Å². The normalized spacial score (nSPS) is 34.2. The van der Waals surface area contributed by atoms with Crippen LogP contribution in [0, 0.1) is 22.2 Å². The number of carbonyl (C=O) groups excluding carboxylic acids is 5. The molecule has 308 valence electrons. The highest BCUT2D eigenvalue weighted by molar-refractivity contribution is 5.94. The molecule has 3 fully saturated rings. The third-order valence-corrected chi connectivity index (χ3v) is 13.3. The molecule has 0 radical (unpaired) electrons. The first kappa shape index (κ1) is 42.3. The summed E-state index contributed by atoms with van der Waals surface area (Å²) in [6.07, 6.45) is -10.4. The summed E-state index contributed by atoms with van der Waals surface area (Å²) in [5, 5.41) is 49.1. The van der Waals surface area contributed by atoms with Crippen LogP contribution in [0.25, 0.3) is 0 Å². The lowest BCUT2D eigenvalue weighted by molar-refractivity contribution is -0.346. The molecule has 11 atom stereocenters. The predicted molar refractivity (Wildman–Crippen MR) is 203 cm³/mol. The van der Waals surface area contributed by atoms with Crippen molar-refractivity contribution in [1.29, 1.82) is 0 Å². The standard InChI is InChI=1S/C44H54O13/c1-23-28(55-39(52)33(48)27(19-29(46)40(3,4)5)25-15-11-9-12-16-25)21-44(53)37(56-38(51)26-17-13-10-14-18-26)35-42(8,36(50)34(49)32(23)41(44,6)7)30(47)20-31-43(35,22-54-31)57-24(2)45/h9-18,27-28,30-31,33-35,37,47-49,53H,19-22H2,1-8H3/t27-,28-,30-,31+,33+,34+,35?,37-,42+,43-,44+/m0/s1. The minimum absolute atomic E-state index is 0.0304. The summed E-state index contributed by atoms with van der Waals surface area (Å²) in [6, 6.07) is 16.5. The van der Waals surface area contributed by atoms with E-state index in [1.165, 1.54) is 32.9 Å². The van der Waals surface area contributed by atoms with Crippen molar-refractivity contribution in [2.75, 3.05) is 6.61 Å². The summed E-state index contributed by atoms with van der Waals surface area (Å²) in [7, 11) is 0. The molecule has 4 N–H and O–H groups in total. The van der Waals surface area contributed by atoms with E-state index in [0.29, 0.717) is 5.56 Å². The average molecular weight is 791 g/mol. The zero-order chi connectivity index (χ0) is 42.0.